The van der Waals surface area contributed by atoms with Gasteiger partial charge in [-0.25, -0.2) is 0 Å². The Balaban J connectivity index is 2.46. The summed E-state index contributed by atoms with van der Waals surface area (Å²) in [6, 6.07) is 10.4. The Labute approximate surface area is 106 Å². The van der Waals surface area contributed by atoms with Crippen LogP contribution in [0.4, 0.5) is 0 Å². The van der Waals surface area contributed by atoms with Crippen LogP contribution in [-0.2, 0) is 0 Å². The number of nitrogens with zero attached hydrogens (tertiary/aromatic N) is 1. The highest BCUT2D eigenvalue weighted by Crippen LogP contribution is 2.22. The zero-order valence-corrected chi connectivity index (χ0v) is 10.5. The topological polar surface area (TPSA) is 30.0 Å². The lowest BCUT2D eigenvalue weighted by molar-refractivity contribution is 0.103. The third kappa shape index (κ3) is 2.31. The number of aromatic nitrogens is 1. The molecule has 1 aromatic carbocycles. The van der Waals surface area contributed by atoms with Gasteiger partial charge in [0.2, 0.25) is 5.78 Å². The Morgan fingerprint density at radius 2 is 2.06 bits per heavy atom. The zero-order chi connectivity index (χ0) is 11.5. The Morgan fingerprint density at radius 3 is 2.75 bits per heavy atom. The molecule has 0 radical (unpaired) electrons. The van der Waals surface area contributed by atoms with Gasteiger partial charge >= 0.3 is 0 Å². The molecule has 1 aromatic heterocycles. The molecule has 0 aliphatic carbocycles. The summed E-state index contributed by atoms with van der Waals surface area (Å²) < 4.78 is 0.816. The van der Waals surface area contributed by atoms with Crippen molar-refractivity contribution < 1.29 is 4.79 Å². The second kappa shape index (κ2) is 4.76. The first-order valence-electron chi connectivity index (χ1n) is 4.59. The Kier molecular flexibility index (Phi) is 3.36. The monoisotopic (exact) mass is 295 g/mol. The third-order valence-electron chi connectivity index (χ3n) is 2.07. The van der Waals surface area contributed by atoms with Gasteiger partial charge in [-0.3, -0.25) is 9.78 Å². The van der Waals surface area contributed by atoms with E-state index in [1.54, 1.807) is 42.6 Å². The van der Waals surface area contributed by atoms with Gasteiger partial charge in [0.1, 0.15) is 5.69 Å². The second-order valence-corrected chi connectivity index (χ2v) is 4.49. The smallest absolute Gasteiger partial charge is 0.212 e. The van der Waals surface area contributed by atoms with Gasteiger partial charge in [0.15, 0.2) is 0 Å². The molecular weight excluding hydrogens is 289 g/mol. The lowest BCUT2D eigenvalue weighted by Gasteiger charge is -2.03. The first-order valence-corrected chi connectivity index (χ1v) is 5.76. The van der Waals surface area contributed by atoms with E-state index in [2.05, 4.69) is 20.9 Å². The molecule has 4 heteroatoms. The van der Waals surface area contributed by atoms with Crippen LogP contribution in [0.25, 0.3) is 0 Å². The minimum Gasteiger partial charge on any atom is -0.287 e. The molecule has 0 aliphatic heterocycles. The molecule has 2 rings (SSSR count). The first kappa shape index (κ1) is 11.3. The molecule has 80 valence electrons. The van der Waals surface area contributed by atoms with Crippen LogP contribution in [0.3, 0.4) is 0 Å². The molecule has 0 spiro atoms. The Bertz CT molecular complexity index is 528. The quantitative estimate of drug-likeness (QED) is 0.790. The van der Waals surface area contributed by atoms with Crippen molar-refractivity contribution in [2.24, 2.45) is 0 Å². The predicted molar refractivity (Wildman–Crippen MR) is 66.8 cm³/mol. The van der Waals surface area contributed by atoms with Crippen LogP contribution < -0.4 is 0 Å². The molecule has 0 fully saturated rings. The number of pyridine rings is 1. The van der Waals surface area contributed by atoms with E-state index < -0.39 is 0 Å². The van der Waals surface area contributed by atoms with E-state index in [4.69, 9.17) is 11.6 Å². The van der Waals surface area contributed by atoms with E-state index in [1.165, 1.54) is 0 Å². The average Bonchev–Trinajstić information content (AvgIpc) is 2.32. The molecule has 0 unspecified atom stereocenters. The van der Waals surface area contributed by atoms with Crippen LogP contribution in [0, 0.1) is 0 Å². The van der Waals surface area contributed by atoms with Crippen molar-refractivity contribution in [3.8, 4) is 0 Å². The standard InChI is InChI=1S/C12H7BrClNO/c13-8-4-5-10(14)9(7-8)12(16)11-3-1-2-6-15-11/h1-7H. The molecule has 0 atom stereocenters. The lowest BCUT2D eigenvalue weighted by atomic mass is 10.1. The Morgan fingerprint density at radius 1 is 1.25 bits per heavy atom. The molecule has 0 saturated heterocycles. The summed E-state index contributed by atoms with van der Waals surface area (Å²) in [6.45, 7) is 0. The molecule has 0 N–H and O–H groups in total. The summed E-state index contributed by atoms with van der Waals surface area (Å²) >= 11 is 9.28. The van der Waals surface area contributed by atoms with Gasteiger partial charge in [0.05, 0.1) is 5.02 Å². The number of carbonyl (C=O) groups is 1. The van der Waals surface area contributed by atoms with E-state index in [-0.39, 0.29) is 5.78 Å². The number of rotatable bonds is 2. The summed E-state index contributed by atoms with van der Waals surface area (Å²) in [4.78, 5) is 16.1. The molecule has 2 aromatic rings. The van der Waals surface area contributed by atoms with Crippen molar-refractivity contribution in [2.75, 3.05) is 0 Å². The molecule has 2 nitrogen and oxygen atoms in total. The normalized spacial score (nSPS) is 10.1. The van der Waals surface area contributed by atoms with Crippen LogP contribution in [-0.4, -0.2) is 10.8 Å². The molecule has 16 heavy (non-hydrogen) atoms. The lowest BCUT2D eigenvalue weighted by Crippen LogP contribution is -2.04. The first-order chi connectivity index (χ1) is 7.68. The summed E-state index contributed by atoms with van der Waals surface area (Å²) in [5.74, 6) is -0.174. The number of benzene rings is 1. The Hall–Kier alpha value is -1.19. The van der Waals surface area contributed by atoms with Crippen molar-refractivity contribution >= 4 is 33.3 Å². The van der Waals surface area contributed by atoms with E-state index in [0.29, 0.717) is 16.3 Å². The van der Waals surface area contributed by atoms with E-state index >= 15 is 0 Å². The summed E-state index contributed by atoms with van der Waals surface area (Å²) in [6.07, 6.45) is 1.58. The largest absolute Gasteiger partial charge is 0.287 e. The third-order valence-corrected chi connectivity index (χ3v) is 2.89. The van der Waals surface area contributed by atoms with Gasteiger partial charge < -0.3 is 0 Å². The van der Waals surface area contributed by atoms with Crippen molar-refractivity contribution in [1.82, 2.24) is 4.98 Å². The fraction of sp³-hybridized carbons (Fsp3) is 0. The maximum Gasteiger partial charge on any atom is 0.212 e. The summed E-state index contributed by atoms with van der Waals surface area (Å²) in [7, 11) is 0. The van der Waals surface area contributed by atoms with Crippen LogP contribution in [0.2, 0.25) is 5.02 Å². The molecule has 0 bridgehead atoms. The number of hydrogen-bond donors (Lipinski definition) is 0. The maximum absolute atomic E-state index is 12.1. The van der Waals surface area contributed by atoms with Crippen LogP contribution >= 0.6 is 27.5 Å². The zero-order valence-electron chi connectivity index (χ0n) is 8.15. The molecule has 0 saturated carbocycles. The highest BCUT2D eigenvalue weighted by molar-refractivity contribution is 9.10. The van der Waals surface area contributed by atoms with Crippen molar-refractivity contribution in [3.05, 3.63) is 63.3 Å². The number of hydrogen-bond acceptors (Lipinski definition) is 2. The van der Waals surface area contributed by atoms with Gasteiger partial charge in [-0.15, -0.1) is 0 Å². The number of halogens is 2. The molecule has 0 amide bonds. The van der Waals surface area contributed by atoms with Crippen LogP contribution in [0.15, 0.2) is 47.1 Å². The van der Waals surface area contributed by atoms with Crippen molar-refractivity contribution in [3.63, 3.8) is 0 Å². The fourth-order valence-electron chi connectivity index (χ4n) is 1.31. The second-order valence-electron chi connectivity index (χ2n) is 3.17. The minimum atomic E-state index is -0.174. The summed E-state index contributed by atoms with van der Waals surface area (Å²) in [5.41, 5.74) is 0.845. The van der Waals surface area contributed by atoms with Gasteiger partial charge in [0.25, 0.3) is 0 Å². The summed E-state index contributed by atoms with van der Waals surface area (Å²) in [5, 5.41) is 0.429. The van der Waals surface area contributed by atoms with E-state index in [1.807, 2.05) is 0 Å². The van der Waals surface area contributed by atoms with Gasteiger partial charge in [-0.05, 0) is 30.3 Å². The molecule has 0 aliphatic rings. The van der Waals surface area contributed by atoms with Gasteiger partial charge in [-0.1, -0.05) is 33.6 Å². The van der Waals surface area contributed by atoms with Crippen LogP contribution in [0.1, 0.15) is 16.1 Å². The fourth-order valence-corrected chi connectivity index (χ4v) is 1.87. The highest BCUT2D eigenvalue weighted by Gasteiger charge is 2.13. The van der Waals surface area contributed by atoms with Gasteiger partial charge in [0, 0.05) is 16.2 Å². The molecular formula is C12H7BrClNO. The minimum absolute atomic E-state index is 0.174. The predicted octanol–water partition coefficient (Wildman–Crippen LogP) is 3.73. The maximum atomic E-state index is 12.1. The number of ketones is 1. The van der Waals surface area contributed by atoms with E-state index in [9.17, 15) is 4.79 Å². The number of carbonyl (C=O) groups excluding carboxylic acids is 1. The average molecular weight is 297 g/mol. The van der Waals surface area contributed by atoms with Crippen LogP contribution in [0.5, 0.6) is 0 Å². The molecule has 1 heterocycles. The van der Waals surface area contributed by atoms with E-state index in [0.717, 1.165) is 4.47 Å². The highest BCUT2D eigenvalue weighted by atomic mass is 79.9. The van der Waals surface area contributed by atoms with Crippen molar-refractivity contribution in [1.29, 1.82) is 0 Å². The van der Waals surface area contributed by atoms with Gasteiger partial charge in [-0.2, -0.15) is 0 Å². The SMILES string of the molecule is O=C(c1ccccn1)c1cc(Br)ccc1Cl. The van der Waals surface area contributed by atoms with Crippen molar-refractivity contribution in [2.45, 2.75) is 0 Å².